The molecule has 2 unspecified atom stereocenters. The molecule has 2 bridgehead atoms. The van der Waals surface area contributed by atoms with Crippen LogP contribution in [-0.4, -0.2) is 50.5 Å². The highest BCUT2D eigenvalue weighted by molar-refractivity contribution is 4.91. The van der Waals surface area contributed by atoms with Crippen LogP contribution in [0.3, 0.4) is 0 Å². The average Bonchev–Trinajstić information content (AvgIpc) is 2.79. The predicted octanol–water partition coefficient (Wildman–Crippen LogP) is 1.13. The monoisotopic (exact) mass is 187 g/mol. The summed E-state index contributed by atoms with van der Waals surface area (Å²) in [5, 5.41) is 0. The molecular formula is C10H21NO2. The van der Waals surface area contributed by atoms with Gasteiger partial charge in [-0.1, -0.05) is 13.8 Å². The lowest BCUT2D eigenvalue weighted by molar-refractivity contribution is 0.0206. The maximum Gasteiger partial charge on any atom is 0.0718 e. The molecule has 2 aliphatic rings. The zero-order chi connectivity index (χ0) is 9.68. The highest BCUT2D eigenvalue weighted by Crippen LogP contribution is 2.26. The molecule has 13 heavy (non-hydrogen) atoms. The van der Waals surface area contributed by atoms with Gasteiger partial charge < -0.3 is 9.47 Å². The van der Waals surface area contributed by atoms with E-state index in [0.29, 0.717) is 12.1 Å². The Balaban J connectivity index is 0.000000396. The quantitative estimate of drug-likeness (QED) is 0.661. The van der Waals surface area contributed by atoms with Gasteiger partial charge in [-0.3, -0.25) is 4.90 Å². The second kappa shape index (κ2) is 5.58. The first-order valence-electron chi connectivity index (χ1n) is 5.24. The number of hydrogen-bond donors (Lipinski definition) is 0. The molecule has 2 rings (SSSR count). The number of likely N-dealkylation sites (tertiary alicyclic amines) is 1. The number of methoxy groups -OCH3 is 1. The van der Waals surface area contributed by atoms with E-state index in [4.69, 9.17) is 9.47 Å². The van der Waals surface area contributed by atoms with E-state index >= 15 is 0 Å². The first-order valence-corrected chi connectivity index (χ1v) is 5.24. The maximum atomic E-state index is 5.48. The SMILES string of the molecule is CC.COCCN1CC2CC1CO2. The van der Waals surface area contributed by atoms with Crippen LogP contribution in [0, 0.1) is 0 Å². The van der Waals surface area contributed by atoms with Gasteiger partial charge in [0.25, 0.3) is 0 Å². The van der Waals surface area contributed by atoms with Crippen LogP contribution in [0.1, 0.15) is 20.3 Å². The van der Waals surface area contributed by atoms with Crippen molar-refractivity contribution in [1.82, 2.24) is 4.90 Å². The van der Waals surface area contributed by atoms with Gasteiger partial charge in [0.05, 0.1) is 19.3 Å². The minimum absolute atomic E-state index is 0.525. The number of nitrogens with zero attached hydrogens (tertiary/aromatic N) is 1. The molecule has 0 aromatic rings. The molecule has 0 amide bonds. The number of fused-ring (bicyclic) bond motifs is 2. The molecule has 2 fully saturated rings. The molecule has 0 aromatic heterocycles. The van der Waals surface area contributed by atoms with Gasteiger partial charge in [0.1, 0.15) is 0 Å². The Morgan fingerprint density at radius 1 is 1.46 bits per heavy atom. The first-order chi connectivity index (χ1) is 6.40. The van der Waals surface area contributed by atoms with Gasteiger partial charge in [0, 0.05) is 26.2 Å². The van der Waals surface area contributed by atoms with E-state index in [1.165, 1.54) is 6.42 Å². The molecule has 0 radical (unpaired) electrons. The minimum atomic E-state index is 0.525. The van der Waals surface area contributed by atoms with E-state index in [-0.39, 0.29) is 0 Å². The Kier molecular flexibility index (Phi) is 4.70. The Morgan fingerprint density at radius 2 is 2.23 bits per heavy atom. The van der Waals surface area contributed by atoms with Crippen LogP contribution in [0.2, 0.25) is 0 Å². The van der Waals surface area contributed by atoms with Gasteiger partial charge in [0.2, 0.25) is 0 Å². The molecule has 2 heterocycles. The summed E-state index contributed by atoms with van der Waals surface area (Å²) in [5.74, 6) is 0. The average molecular weight is 187 g/mol. The predicted molar refractivity (Wildman–Crippen MR) is 52.9 cm³/mol. The topological polar surface area (TPSA) is 21.7 Å². The van der Waals surface area contributed by atoms with Crippen molar-refractivity contribution < 1.29 is 9.47 Å². The van der Waals surface area contributed by atoms with Crippen LogP contribution in [0.4, 0.5) is 0 Å². The summed E-state index contributed by atoms with van der Waals surface area (Å²) in [6, 6.07) is 0.690. The lowest BCUT2D eigenvalue weighted by Gasteiger charge is -2.25. The molecule has 3 nitrogen and oxygen atoms in total. The molecule has 0 aromatic carbocycles. The lowest BCUT2D eigenvalue weighted by atomic mass is 10.2. The van der Waals surface area contributed by atoms with Crippen molar-refractivity contribution in [3.8, 4) is 0 Å². The fourth-order valence-electron chi connectivity index (χ4n) is 1.96. The highest BCUT2D eigenvalue weighted by atomic mass is 16.5. The molecule has 0 N–H and O–H groups in total. The Morgan fingerprint density at radius 3 is 2.69 bits per heavy atom. The number of hydrogen-bond acceptors (Lipinski definition) is 3. The van der Waals surface area contributed by atoms with Crippen LogP contribution in [0.5, 0.6) is 0 Å². The van der Waals surface area contributed by atoms with Crippen molar-refractivity contribution >= 4 is 0 Å². The summed E-state index contributed by atoms with van der Waals surface area (Å²) in [6.45, 7) is 7.98. The molecular weight excluding hydrogens is 166 g/mol. The summed E-state index contributed by atoms with van der Waals surface area (Å²) in [4.78, 5) is 2.47. The smallest absolute Gasteiger partial charge is 0.0718 e. The van der Waals surface area contributed by atoms with Gasteiger partial charge in [-0.05, 0) is 6.42 Å². The van der Waals surface area contributed by atoms with Gasteiger partial charge >= 0.3 is 0 Å². The van der Waals surface area contributed by atoms with Gasteiger partial charge in [0.15, 0.2) is 0 Å². The van der Waals surface area contributed by atoms with Crippen molar-refractivity contribution in [3.05, 3.63) is 0 Å². The largest absolute Gasteiger partial charge is 0.383 e. The molecule has 78 valence electrons. The van der Waals surface area contributed by atoms with E-state index in [1.807, 2.05) is 13.8 Å². The number of morpholine rings is 1. The molecule has 2 saturated heterocycles. The molecule has 0 aliphatic carbocycles. The fraction of sp³-hybridized carbons (Fsp3) is 1.00. The standard InChI is InChI=1S/C8H15NO2.C2H6/c1-10-3-2-9-5-8-4-7(9)6-11-8;1-2/h7-8H,2-6H2,1H3;1-2H3. The van der Waals surface area contributed by atoms with Crippen LogP contribution in [0.25, 0.3) is 0 Å². The third-order valence-corrected chi connectivity index (χ3v) is 2.60. The zero-order valence-electron chi connectivity index (χ0n) is 8.95. The highest BCUT2D eigenvalue weighted by Gasteiger charge is 2.38. The summed E-state index contributed by atoms with van der Waals surface area (Å²) < 4.78 is 10.5. The van der Waals surface area contributed by atoms with Crippen molar-refractivity contribution in [1.29, 1.82) is 0 Å². The second-order valence-electron chi connectivity index (χ2n) is 3.33. The van der Waals surface area contributed by atoms with Crippen LogP contribution >= 0.6 is 0 Å². The Hall–Kier alpha value is -0.120. The summed E-state index contributed by atoms with van der Waals surface area (Å²) in [7, 11) is 1.75. The molecule has 2 atom stereocenters. The van der Waals surface area contributed by atoms with E-state index in [1.54, 1.807) is 7.11 Å². The molecule has 2 aliphatic heterocycles. The van der Waals surface area contributed by atoms with Crippen LogP contribution < -0.4 is 0 Å². The Labute approximate surface area is 81.0 Å². The number of rotatable bonds is 3. The third kappa shape index (κ3) is 2.66. The number of ether oxygens (including phenoxy) is 2. The van der Waals surface area contributed by atoms with Gasteiger partial charge in [-0.25, -0.2) is 0 Å². The normalized spacial score (nSPS) is 31.6. The van der Waals surface area contributed by atoms with Gasteiger partial charge in [-0.15, -0.1) is 0 Å². The van der Waals surface area contributed by atoms with Gasteiger partial charge in [-0.2, -0.15) is 0 Å². The summed E-state index contributed by atoms with van der Waals surface area (Å²) >= 11 is 0. The fourth-order valence-corrected chi connectivity index (χ4v) is 1.96. The van der Waals surface area contributed by atoms with Crippen molar-refractivity contribution in [3.63, 3.8) is 0 Å². The molecule has 3 heteroatoms. The van der Waals surface area contributed by atoms with E-state index in [2.05, 4.69) is 4.90 Å². The lowest BCUT2D eigenvalue weighted by Crippen LogP contribution is -2.38. The Bertz CT molecular complexity index is 141. The summed E-state index contributed by atoms with van der Waals surface area (Å²) in [6.07, 6.45) is 1.76. The van der Waals surface area contributed by atoms with Crippen molar-refractivity contribution in [2.75, 3.05) is 33.4 Å². The second-order valence-corrected chi connectivity index (χ2v) is 3.33. The zero-order valence-corrected chi connectivity index (χ0v) is 8.95. The van der Waals surface area contributed by atoms with E-state index in [9.17, 15) is 0 Å². The van der Waals surface area contributed by atoms with Crippen LogP contribution in [0.15, 0.2) is 0 Å². The summed E-state index contributed by atoms with van der Waals surface area (Å²) in [5.41, 5.74) is 0. The minimum Gasteiger partial charge on any atom is -0.383 e. The molecule has 0 saturated carbocycles. The van der Waals surface area contributed by atoms with E-state index < -0.39 is 0 Å². The molecule has 0 spiro atoms. The van der Waals surface area contributed by atoms with Crippen molar-refractivity contribution in [2.24, 2.45) is 0 Å². The van der Waals surface area contributed by atoms with Crippen molar-refractivity contribution in [2.45, 2.75) is 32.4 Å². The third-order valence-electron chi connectivity index (χ3n) is 2.60. The first kappa shape index (κ1) is 11.0. The van der Waals surface area contributed by atoms with Crippen LogP contribution in [-0.2, 0) is 9.47 Å². The van der Waals surface area contributed by atoms with E-state index in [0.717, 1.165) is 26.3 Å². The maximum absolute atomic E-state index is 5.48.